The molecule has 0 aliphatic rings. The fraction of sp³-hybridized carbons (Fsp3) is 0.227. The summed E-state index contributed by atoms with van der Waals surface area (Å²) in [5.41, 5.74) is 8.74. The van der Waals surface area contributed by atoms with Crippen molar-refractivity contribution in [1.29, 1.82) is 0 Å². The summed E-state index contributed by atoms with van der Waals surface area (Å²) in [5, 5.41) is 2.66. The van der Waals surface area contributed by atoms with Crippen LogP contribution in [0.4, 0.5) is 5.69 Å². The van der Waals surface area contributed by atoms with Gasteiger partial charge in [-0.1, -0.05) is 30.3 Å². The van der Waals surface area contributed by atoms with Gasteiger partial charge in [0.25, 0.3) is 5.91 Å². The Bertz CT molecular complexity index is 899. The summed E-state index contributed by atoms with van der Waals surface area (Å²) in [4.78, 5) is 28.6. The number of hydrogen-bond acceptors (Lipinski definition) is 6. The zero-order valence-electron chi connectivity index (χ0n) is 16.8. The Hall–Kier alpha value is -3.61. The number of nitrogens with zero attached hydrogens (tertiary/aromatic N) is 1. The first kappa shape index (κ1) is 21.7. The zero-order chi connectivity index (χ0) is 21.2. The number of ether oxygens (including phenoxy) is 2. The maximum Gasteiger partial charge on any atom is 0.310 e. The van der Waals surface area contributed by atoms with Gasteiger partial charge < -0.3 is 20.5 Å². The van der Waals surface area contributed by atoms with Crippen molar-refractivity contribution in [2.45, 2.75) is 20.3 Å². The molecule has 0 radical (unpaired) electrons. The van der Waals surface area contributed by atoms with Crippen LogP contribution >= 0.6 is 0 Å². The van der Waals surface area contributed by atoms with E-state index >= 15 is 0 Å². The SMILES string of the molecule is COc1ccc(CC(=O)OCC(=O)NC(C(C)=Nc2ccccc2)=C(C)N)cc1. The highest BCUT2D eigenvalue weighted by molar-refractivity contribution is 6.03. The third kappa shape index (κ3) is 7.14. The Morgan fingerprint density at radius 2 is 1.69 bits per heavy atom. The first-order valence-corrected chi connectivity index (χ1v) is 9.04. The largest absolute Gasteiger partial charge is 0.497 e. The van der Waals surface area contributed by atoms with Crippen LogP contribution < -0.4 is 15.8 Å². The molecule has 2 aromatic carbocycles. The van der Waals surface area contributed by atoms with Crippen molar-refractivity contribution in [3.8, 4) is 5.75 Å². The minimum atomic E-state index is -0.505. The minimum absolute atomic E-state index is 0.0599. The predicted octanol–water partition coefficient (Wildman–Crippen LogP) is 2.88. The molecule has 152 valence electrons. The number of para-hydroxylation sites is 1. The highest BCUT2D eigenvalue weighted by Gasteiger charge is 2.13. The molecule has 0 atom stereocenters. The number of nitrogens with two attached hydrogens (primary N) is 1. The second-order valence-electron chi connectivity index (χ2n) is 6.32. The van der Waals surface area contributed by atoms with Gasteiger partial charge in [0.2, 0.25) is 0 Å². The molecular weight excluding hydrogens is 370 g/mol. The second kappa shape index (κ2) is 10.7. The number of aliphatic imine (C=N–C) groups is 1. The number of esters is 1. The summed E-state index contributed by atoms with van der Waals surface area (Å²) >= 11 is 0. The lowest BCUT2D eigenvalue weighted by atomic mass is 10.1. The first-order valence-electron chi connectivity index (χ1n) is 9.04. The van der Waals surface area contributed by atoms with Crippen LogP contribution in [0.2, 0.25) is 0 Å². The van der Waals surface area contributed by atoms with E-state index in [0.717, 1.165) is 11.3 Å². The predicted molar refractivity (Wildman–Crippen MR) is 112 cm³/mol. The highest BCUT2D eigenvalue weighted by atomic mass is 16.5. The van der Waals surface area contributed by atoms with E-state index in [1.165, 1.54) is 0 Å². The van der Waals surface area contributed by atoms with Crippen LogP contribution in [0.3, 0.4) is 0 Å². The Morgan fingerprint density at radius 3 is 2.28 bits per heavy atom. The molecule has 0 spiro atoms. The lowest BCUT2D eigenvalue weighted by molar-refractivity contribution is -0.147. The van der Waals surface area contributed by atoms with E-state index in [1.54, 1.807) is 45.2 Å². The van der Waals surface area contributed by atoms with Gasteiger partial charge in [-0.05, 0) is 43.7 Å². The molecule has 0 aliphatic carbocycles. The lowest BCUT2D eigenvalue weighted by Gasteiger charge is -2.12. The minimum Gasteiger partial charge on any atom is -0.497 e. The van der Waals surface area contributed by atoms with Gasteiger partial charge in [0.1, 0.15) is 5.75 Å². The van der Waals surface area contributed by atoms with E-state index in [-0.39, 0.29) is 6.42 Å². The highest BCUT2D eigenvalue weighted by Crippen LogP contribution is 2.13. The van der Waals surface area contributed by atoms with E-state index in [1.807, 2.05) is 30.3 Å². The molecule has 0 heterocycles. The number of amides is 1. The smallest absolute Gasteiger partial charge is 0.310 e. The van der Waals surface area contributed by atoms with E-state index < -0.39 is 18.5 Å². The van der Waals surface area contributed by atoms with Crippen LogP contribution in [0, 0.1) is 0 Å². The van der Waals surface area contributed by atoms with Crippen molar-refractivity contribution in [1.82, 2.24) is 5.32 Å². The normalized spacial score (nSPS) is 12.0. The van der Waals surface area contributed by atoms with Crippen molar-refractivity contribution in [3.63, 3.8) is 0 Å². The molecule has 0 fully saturated rings. The lowest BCUT2D eigenvalue weighted by Crippen LogP contribution is -2.32. The van der Waals surface area contributed by atoms with Gasteiger partial charge in [0, 0.05) is 5.70 Å². The Labute approximate surface area is 170 Å². The van der Waals surface area contributed by atoms with Gasteiger partial charge in [0.05, 0.1) is 30.6 Å². The first-order chi connectivity index (χ1) is 13.9. The van der Waals surface area contributed by atoms with Crippen LogP contribution in [0.15, 0.2) is 71.0 Å². The van der Waals surface area contributed by atoms with Crippen molar-refractivity contribution in [3.05, 3.63) is 71.6 Å². The van der Waals surface area contributed by atoms with Crippen molar-refractivity contribution in [2.75, 3.05) is 13.7 Å². The number of methoxy groups -OCH3 is 1. The van der Waals surface area contributed by atoms with Crippen LogP contribution in [-0.4, -0.2) is 31.3 Å². The molecule has 2 aromatic rings. The molecule has 7 nitrogen and oxygen atoms in total. The zero-order valence-corrected chi connectivity index (χ0v) is 16.8. The Kier molecular flexibility index (Phi) is 7.97. The van der Waals surface area contributed by atoms with E-state index in [4.69, 9.17) is 15.2 Å². The monoisotopic (exact) mass is 395 g/mol. The maximum atomic E-state index is 12.2. The van der Waals surface area contributed by atoms with Crippen molar-refractivity contribution in [2.24, 2.45) is 10.7 Å². The fourth-order valence-electron chi connectivity index (χ4n) is 2.51. The second-order valence-corrected chi connectivity index (χ2v) is 6.32. The number of hydrogen-bond donors (Lipinski definition) is 2. The molecule has 0 bridgehead atoms. The number of carbonyl (C=O) groups is 2. The number of allylic oxidation sites excluding steroid dienone is 2. The number of nitrogens with one attached hydrogen (secondary N) is 1. The summed E-state index contributed by atoms with van der Waals surface area (Å²) in [5.74, 6) is -0.295. The van der Waals surface area contributed by atoms with Gasteiger partial charge in [-0.15, -0.1) is 0 Å². The number of rotatable bonds is 8. The molecule has 29 heavy (non-hydrogen) atoms. The topological polar surface area (TPSA) is 103 Å². The molecule has 0 aliphatic heterocycles. The Balaban J connectivity index is 1.91. The van der Waals surface area contributed by atoms with Crippen LogP contribution in [0.5, 0.6) is 5.75 Å². The molecular formula is C22H25N3O4. The molecule has 0 aromatic heterocycles. The summed E-state index contributed by atoms with van der Waals surface area (Å²) in [6.45, 7) is 2.99. The molecule has 0 saturated carbocycles. The van der Waals surface area contributed by atoms with Gasteiger partial charge in [0.15, 0.2) is 6.61 Å². The van der Waals surface area contributed by atoms with Crippen molar-refractivity contribution < 1.29 is 19.1 Å². The standard InChI is InChI=1S/C22H25N3O4/c1-15(23)22(16(2)24-18-7-5-4-6-8-18)25-20(26)14-29-21(27)13-17-9-11-19(28-3)12-10-17/h4-12H,13-14,23H2,1-3H3,(H,25,26). The summed E-state index contributed by atoms with van der Waals surface area (Å²) < 4.78 is 10.1. The van der Waals surface area contributed by atoms with Crippen LogP contribution in [-0.2, 0) is 20.7 Å². The van der Waals surface area contributed by atoms with Gasteiger partial charge in [-0.2, -0.15) is 0 Å². The fourth-order valence-corrected chi connectivity index (χ4v) is 2.51. The third-order valence-corrected chi connectivity index (χ3v) is 3.95. The molecule has 0 unspecified atom stereocenters. The van der Waals surface area contributed by atoms with E-state index in [9.17, 15) is 9.59 Å². The molecule has 0 saturated heterocycles. The van der Waals surface area contributed by atoms with Crippen LogP contribution in [0.25, 0.3) is 0 Å². The molecule has 2 rings (SSSR count). The summed E-state index contributed by atoms with van der Waals surface area (Å²) in [6.07, 6.45) is 0.0599. The van der Waals surface area contributed by atoms with Gasteiger partial charge in [-0.3, -0.25) is 14.6 Å². The number of carbonyl (C=O) groups excluding carboxylic acids is 2. The Morgan fingerprint density at radius 1 is 1.03 bits per heavy atom. The maximum absolute atomic E-state index is 12.2. The van der Waals surface area contributed by atoms with Gasteiger partial charge in [-0.25, -0.2) is 0 Å². The van der Waals surface area contributed by atoms with E-state index in [2.05, 4.69) is 10.3 Å². The van der Waals surface area contributed by atoms with E-state index in [0.29, 0.717) is 22.9 Å². The molecule has 1 amide bonds. The average Bonchev–Trinajstić information content (AvgIpc) is 2.71. The summed E-state index contributed by atoms with van der Waals surface area (Å²) in [6, 6.07) is 16.4. The average molecular weight is 395 g/mol. The quantitative estimate of drug-likeness (QED) is 0.528. The summed E-state index contributed by atoms with van der Waals surface area (Å²) in [7, 11) is 1.57. The third-order valence-electron chi connectivity index (χ3n) is 3.95. The molecule has 3 N–H and O–H groups in total. The van der Waals surface area contributed by atoms with Crippen LogP contribution in [0.1, 0.15) is 19.4 Å². The molecule has 7 heteroatoms. The van der Waals surface area contributed by atoms with Gasteiger partial charge >= 0.3 is 5.97 Å². The number of benzene rings is 2. The van der Waals surface area contributed by atoms with Crippen molar-refractivity contribution >= 4 is 23.3 Å².